The van der Waals surface area contributed by atoms with Gasteiger partial charge < -0.3 is 9.72 Å². The van der Waals surface area contributed by atoms with E-state index in [0.717, 1.165) is 45.0 Å². The number of thiophene rings is 1. The molecular formula is C15H19N3O2S. The minimum atomic E-state index is -0.0929. The van der Waals surface area contributed by atoms with Crippen LogP contribution in [0.1, 0.15) is 11.3 Å². The number of nitrogens with zero attached hydrogens (tertiary/aromatic N) is 2. The number of hydrogen-bond donors (Lipinski definition) is 1. The van der Waals surface area contributed by atoms with Gasteiger partial charge in [-0.15, -0.1) is 0 Å². The molecule has 0 spiro atoms. The number of aromatic nitrogens is 2. The van der Waals surface area contributed by atoms with E-state index in [4.69, 9.17) is 4.74 Å². The first-order valence-corrected chi connectivity index (χ1v) is 8.08. The molecule has 1 aliphatic rings. The Morgan fingerprint density at radius 1 is 1.52 bits per heavy atom. The smallest absolute Gasteiger partial charge is 0.250 e. The van der Waals surface area contributed by atoms with Crippen LogP contribution < -0.4 is 5.56 Å². The molecule has 0 radical (unpaired) electrons. The first kappa shape index (κ1) is 14.4. The Balaban J connectivity index is 1.63. The lowest BCUT2D eigenvalue weighted by Gasteiger charge is -2.22. The number of ether oxygens (including phenoxy) is 1. The molecule has 2 aromatic rings. The summed E-state index contributed by atoms with van der Waals surface area (Å²) in [6.45, 7) is 4.39. The van der Waals surface area contributed by atoms with Gasteiger partial charge in [-0.05, 0) is 28.8 Å². The van der Waals surface area contributed by atoms with E-state index in [0.29, 0.717) is 5.92 Å². The van der Waals surface area contributed by atoms with E-state index in [1.807, 2.05) is 0 Å². The summed E-state index contributed by atoms with van der Waals surface area (Å²) in [7, 11) is 0. The molecule has 0 aromatic carbocycles. The zero-order valence-corrected chi connectivity index (χ0v) is 12.6. The van der Waals surface area contributed by atoms with Crippen molar-refractivity contribution in [3.05, 3.63) is 50.8 Å². The molecule has 1 atom stereocenters. The van der Waals surface area contributed by atoms with Crippen molar-refractivity contribution >= 4 is 11.3 Å². The first-order valence-electron chi connectivity index (χ1n) is 7.14. The highest BCUT2D eigenvalue weighted by molar-refractivity contribution is 7.07. The molecule has 0 bridgehead atoms. The van der Waals surface area contributed by atoms with Gasteiger partial charge in [0.25, 0.3) is 5.56 Å². The topological polar surface area (TPSA) is 58.2 Å². The van der Waals surface area contributed by atoms with Crippen molar-refractivity contribution < 1.29 is 4.74 Å². The fourth-order valence-electron chi connectivity index (χ4n) is 2.68. The highest BCUT2D eigenvalue weighted by Gasteiger charge is 2.19. The van der Waals surface area contributed by atoms with Crippen LogP contribution in [0.25, 0.3) is 0 Å². The van der Waals surface area contributed by atoms with Crippen LogP contribution in [0.15, 0.2) is 34.0 Å². The molecule has 1 N–H and O–H groups in total. The van der Waals surface area contributed by atoms with Gasteiger partial charge in [0.2, 0.25) is 0 Å². The maximum atomic E-state index is 11.3. The maximum Gasteiger partial charge on any atom is 0.250 e. The van der Waals surface area contributed by atoms with Crippen molar-refractivity contribution in [1.82, 2.24) is 14.9 Å². The molecule has 2 aromatic heterocycles. The van der Waals surface area contributed by atoms with Crippen LogP contribution in [-0.2, 0) is 17.7 Å². The van der Waals surface area contributed by atoms with Gasteiger partial charge in [0.05, 0.1) is 19.5 Å². The summed E-state index contributed by atoms with van der Waals surface area (Å²) in [4.78, 5) is 20.6. The van der Waals surface area contributed by atoms with Crippen LogP contribution in [0.5, 0.6) is 0 Å². The Bertz CT molecular complexity index is 611. The molecule has 0 aliphatic carbocycles. The predicted octanol–water partition coefficient (Wildman–Crippen LogP) is 1.52. The van der Waals surface area contributed by atoms with Crippen LogP contribution in [0.2, 0.25) is 0 Å². The average molecular weight is 305 g/mol. The molecule has 1 unspecified atom stereocenters. The van der Waals surface area contributed by atoms with Gasteiger partial charge >= 0.3 is 0 Å². The van der Waals surface area contributed by atoms with E-state index in [-0.39, 0.29) is 5.56 Å². The fraction of sp³-hybridized carbons (Fsp3) is 0.467. The summed E-state index contributed by atoms with van der Waals surface area (Å²) in [6, 6.07) is 3.75. The lowest BCUT2D eigenvalue weighted by atomic mass is 10.0. The second kappa shape index (κ2) is 6.98. The van der Waals surface area contributed by atoms with E-state index < -0.39 is 0 Å². The van der Waals surface area contributed by atoms with E-state index in [1.165, 1.54) is 11.9 Å². The summed E-state index contributed by atoms with van der Waals surface area (Å²) >= 11 is 1.73. The average Bonchev–Trinajstić information content (AvgIpc) is 2.86. The fourth-order valence-corrected chi connectivity index (χ4v) is 3.34. The molecule has 21 heavy (non-hydrogen) atoms. The summed E-state index contributed by atoms with van der Waals surface area (Å²) in [6.07, 6.45) is 2.25. The van der Waals surface area contributed by atoms with Crippen molar-refractivity contribution in [2.45, 2.75) is 13.0 Å². The molecule has 5 nitrogen and oxygen atoms in total. The highest BCUT2D eigenvalue weighted by atomic mass is 32.1. The molecule has 6 heteroatoms. The Hall–Kier alpha value is -1.50. The number of aromatic amines is 1. The van der Waals surface area contributed by atoms with Gasteiger partial charge in [0, 0.05) is 37.3 Å². The normalized spacial score (nSPS) is 20.3. The molecule has 1 aliphatic heterocycles. The summed E-state index contributed by atoms with van der Waals surface area (Å²) < 4.78 is 5.71. The van der Waals surface area contributed by atoms with Gasteiger partial charge in [-0.2, -0.15) is 11.3 Å². The number of hydrogen-bond acceptors (Lipinski definition) is 5. The third-order valence-electron chi connectivity index (χ3n) is 3.64. The first-order chi connectivity index (χ1) is 10.3. The second-order valence-electron chi connectivity index (χ2n) is 5.41. The van der Waals surface area contributed by atoms with E-state index in [9.17, 15) is 4.79 Å². The minimum absolute atomic E-state index is 0.0929. The van der Waals surface area contributed by atoms with Crippen molar-refractivity contribution in [3.63, 3.8) is 0 Å². The largest absolute Gasteiger partial charge is 0.380 e. The molecule has 0 amide bonds. The van der Waals surface area contributed by atoms with E-state index >= 15 is 0 Å². The maximum absolute atomic E-state index is 11.3. The SMILES string of the molecule is O=c1cc(CC2COCCN(Cc3ccsc3)C2)nc[nH]1. The lowest BCUT2D eigenvalue weighted by molar-refractivity contribution is 0.121. The van der Waals surface area contributed by atoms with Crippen molar-refractivity contribution in [2.24, 2.45) is 5.92 Å². The predicted molar refractivity (Wildman–Crippen MR) is 82.5 cm³/mol. The Morgan fingerprint density at radius 2 is 2.48 bits per heavy atom. The van der Waals surface area contributed by atoms with E-state index in [2.05, 4.69) is 31.7 Å². The van der Waals surface area contributed by atoms with Crippen molar-refractivity contribution in [2.75, 3.05) is 26.3 Å². The van der Waals surface area contributed by atoms with Gasteiger partial charge in [0.15, 0.2) is 0 Å². The monoisotopic (exact) mass is 305 g/mol. The van der Waals surface area contributed by atoms with Gasteiger partial charge in [-0.3, -0.25) is 9.69 Å². The third-order valence-corrected chi connectivity index (χ3v) is 4.37. The van der Waals surface area contributed by atoms with Gasteiger partial charge in [-0.25, -0.2) is 4.98 Å². The molecule has 0 saturated carbocycles. The highest BCUT2D eigenvalue weighted by Crippen LogP contribution is 2.15. The Morgan fingerprint density at radius 3 is 3.29 bits per heavy atom. The quantitative estimate of drug-likeness (QED) is 0.930. The van der Waals surface area contributed by atoms with Gasteiger partial charge in [-0.1, -0.05) is 0 Å². The zero-order valence-electron chi connectivity index (χ0n) is 11.8. The van der Waals surface area contributed by atoms with Gasteiger partial charge in [0.1, 0.15) is 0 Å². The molecule has 3 rings (SSSR count). The van der Waals surface area contributed by atoms with Crippen LogP contribution in [0, 0.1) is 5.92 Å². The molecule has 1 fully saturated rings. The van der Waals surface area contributed by atoms with Crippen LogP contribution >= 0.6 is 11.3 Å². The molecule has 1 saturated heterocycles. The molecule has 3 heterocycles. The van der Waals surface area contributed by atoms with E-state index in [1.54, 1.807) is 17.4 Å². The Labute approximate surface area is 127 Å². The summed E-state index contributed by atoms with van der Waals surface area (Å²) in [5.74, 6) is 0.375. The van der Waals surface area contributed by atoms with Crippen molar-refractivity contribution in [3.8, 4) is 0 Å². The summed E-state index contributed by atoms with van der Waals surface area (Å²) in [5.41, 5.74) is 2.10. The molecule has 112 valence electrons. The van der Waals surface area contributed by atoms with Crippen LogP contribution in [-0.4, -0.2) is 41.2 Å². The second-order valence-corrected chi connectivity index (χ2v) is 6.19. The van der Waals surface area contributed by atoms with Crippen LogP contribution in [0.3, 0.4) is 0 Å². The molecular weight excluding hydrogens is 286 g/mol. The zero-order chi connectivity index (χ0) is 14.5. The number of rotatable bonds is 4. The van der Waals surface area contributed by atoms with Crippen molar-refractivity contribution in [1.29, 1.82) is 0 Å². The van der Waals surface area contributed by atoms with Crippen LogP contribution in [0.4, 0.5) is 0 Å². The Kier molecular flexibility index (Phi) is 4.80. The minimum Gasteiger partial charge on any atom is -0.380 e. The lowest BCUT2D eigenvalue weighted by Crippen LogP contribution is -2.30. The number of H-pyrrole nitrogens is 1. The third kappa shape index (κ3) is 4.23. The summed E-state index contributed by atoms with van der Waals surface area (Å²) in [5, 5.41) is 4.31. The standard InChI is InChI=1S/C15H19N3O2S/c19-15-6-14(16-11-17-15)5-13-8-18(2-3-20-9-13)7-12-1-4-21-10-12/h1,4,6,10-11,13H,2-3,5,7-9H2,(H,16,17,19). The number of nitrogens with one attached hydrogen (secondary N) is 1.